The lowest BCUT2D eigenvalue weighted by Gasteiger charge is -2.04. The molecule has 2 N–H and O–H groups in total. The van der Waals surface area contributed by atoms with Crippen LogP contribution in [-0.4, -0.2) is 17.7 Å². The molecular weight excluding hydrogens is 240 g/mol. The topological polar surface area (TPSA) is 61.3 Å². The van der Waals surface area contributed by atoms with Crippen LogP contribution in [0.25, 0.3) is 11.1 Å². The van der Waals surface area contributed by atoms with Gasteiger partial charge in [0.15, 0.2) is 11.5 Å². The van der Waals surface area contributed by atoms with Crippen LogP contribution in [0, 0.1) is 0 Å². The van der Waals surface area contributed by atoms with Crippen molar-refractivity contribution in [2.45, 2.75) is 25.4 Å². The van der Waals surface area contributed by atoms with Gasteiger partial charge in [-0.15, -0.1) is 0 Å². The molecule has 0 spiro atoms. The molecule has 4 nitrogen and oxygen atoms in total. The van der Waals surface area contributed by atoms with Crippen LogP contribution in [-0.2, 0) is 11.2 Å². The monoisotopic (exact) mass is 252 g/mol. The summed E-state index contributed by atoms with van der Waals surface area (Å²) in [5, 5.41) is 0.509. The van der Waals surface area contributed by atoms with Crippen molar-refractivity contribution in [3.8, 4) is 0 Å². The minimum atomic E-state index is 0.232. The molecule has 2 heterocycles. The number of nitrogens with zero attached hydrogens (tertiary/aromatic N) is 1. The summed E-state index contributed by atoms with van der Waals surface area (Å²) < 4.78 is 11.2. The molecule has 1 aliphatic rings. The molecule has 17 heavy (non-hydrogen) atoms. The quantitative estimate of drug-likeness (QED) is 0.835. The molecule has 0 saturated carbocycles. The lowest BCUT2D eigenvalue weighted by molar-refractivity contribution is 0.106. The van der Waals surface area contributed by atoms with Gasteiger partial charge in [0.1, 0.15) is 5.52 Å². The molecule has 0 amide bonds. The third-order valence-electron chi connectivity index (χ3n) is 2.98. The first-order valence-corrected chi connectivity index (χ1v) is 6.06. The Morgan fingerprint density at radius 3 is 3.12 bits per heavy atom. The Kier molecular flexibility index (Phi) is 2.68. The first-order chi connectivity index (χ1) is 8.22. The summed E-state index contributed by atoms with van der Waals surface area (Å²) in [4.78, 5) is 4.39. The zero-order valence-electron chi connectivity index (χ0n) is 9.28. The molecule has 90 valence electrons. The molecule has 0 bridgehead atoms. The zero-order valence-corrected chi connectivity index (χ0v) is 10.0. The second-order valence-electron chi connectivity index (χ2n) is 4.29. The van der Waals surface area contributed by atoms with Gasteiger partial charge in [-0.3, -0.25) is 0 Å². The maximum atomic E-state index is 5.94. The van der Waals surface area contributed by atoms with E-state index in [1.165, 1.54) is 0 Å². The summed E-state index contributed by atoms with van der Waals surface area (Å²) in [7, 11) is 0. The van der Waals surface area contributed by atoms with Crippen molar-refractivity contribution in [2.24, 2.45) is 0 Å². The van der Waals surface area contributed by atoms with Crippen LogP contribution in [0.4, 0.5) is 5.69 Å². The number of hydrogen-bond donors (Lipinski definition) is 1. The Hall–Kier alpha value is -1.26. The lowest BCUT2D eigenvalue weighted by atomic mass is 10.2. The van der Waals surface area contributed by atoms with Gasteiger partial charge in [-0.05, 0) is 18.9 Å². The Labute approximate surface area is 104 Å². The van der Waals surface area contributed by atoms with Gasteiger partial charge in [0, 0.05) is 12.7 Å². The average Bonchev–Trinajstić information content (AvgIpc) is 2.89. The fraction of sp³-hybridized carbons (Fsp3) is 0.417. The van der Waals surface area contributed by atoms with Crippen LogP contribution >= 0.6 is 11.6 Å². The molecule has 1 aliphatic heterocycles. The molecule has 5 heteroatoms. The number of nitrogens with two attached hydrogens (primary N) is 1. The van der Waals surface area contributed by atoms with Gasteiger partial charge in [0.25, 0.3) is 0 Å². The zero-order chi connectivity index (χ0) is 11.8. The fourth-order valence-electron chi connectivity index (χ4n) is 2.10. The van der Waals surface area contributed by atoms with Crippen LogP contribution in [0.5, 0.6) is 0 Å². The highest BCUT2D eigenvalue weighted by Crippen LogP contribution is 2.27. The maximum Gasteiger partial charge on any atom is 0.198 e. The highest BCUT2D eigenvalue weighted by molar-refractivity contribution is 6.33. The van der Waals surface area contributed by atoms with Gasteiger partial charge in [0.05, 0.1) is 23.2 Å². The van der Waals surface area contributed by atoms with Crippen molar-refractivity contribution >= 4 is 28.4 Å². The first kappa shape index (κ1) is 10.9. The molecule has 0 radical (unpaired) electrons. The third-order valence-corrected chi connectivity index (χ3v) is 3.30. The fourth-order valence-corrected chi connectivity index (χ4v) is 2.26. The van der Waals surface area contributed by atoms with Gasteiger partial charge in [-0.1, -0.05) is 11.6 Å². The minimum Gasteiger partial charge on any atom is -0.441 e. The standard InChI is InChI=1S/C12H13ClN2O2/c13-8-5-10-11(6-9(8)14)17-12(15-10)4-7-2-1-3-16-7/h5-7H,1-4,14H2. The van der Waals surface area contributed by atoms with E-state index in [4.69, 9.17) is 26.5 Å². The Bertz CT molecular complexity index is 508. The number of anilines is 1. The van der Waals surface area contributed by atoms with Crippen molar-refractivity contribution in [1.29, 1.82) is 0 Å². The number of hydrogen-bond acceptors (Lipinski definition) is 4. The summed E-state index contributed by atoms with van der Waals surface area (Å²) in [6, 6.07) is 3.44. The number of rotatable bonds is 2. The summed E-state index contributed by atoms with van der Waals surface area (Å²) in [6.45, 7) is 0.837. The smallest absolute Gasteiger partial charge is 0.198 e. The van der Waals surface area contributed by atoms with Crippen LogP contribution in [0.2, 0.25) is 5.02 Å². The van der Waals surface area contributed by atoms with Gasteiger partial charge in [0.2, 0.25) is 0 Å². The van der Waals surface area contributed by atoms with E-state index < -0.39 is 0 Å². The first-order valence-electron chi connectivity index (χ1n) is 5.68. The Morgan fingerprint density at radius 2 is 2.35 bits per heavy atom. The van der Waals surface area contributed by atoms with Crippen LogP contribution in [0.3, 0.4) is 0 Å². The Morgan fingerprint density at radius 1 is 1.47 bits per heavy atom. The number of ether oxygens (including phenoxy) is 1. The van der Waals surface area contributed by atoms with Gasteiger partial charge in [-0.25, -0.2) is 4.98 Å². The molecule has 1 aromatic heterocycles. The SMILES string of the molecule is Nc1cc2oc(CC3CCCO3)nc2cc1Cl. The van der Waals surface area contributed by atoms with Crippen molar-refractivity contribution in [3.05, 3.63) is 23.0 Å². The van der Waals surface area contributed by atoms with E-state index in [1.807, 2.05) is 0 Å². The van der Waals surface area contributed by atoms with Crippen LogP contribution in [0.1, 0.15) is 18.7 Å². The van der Waals surface area contributed by atoms with Crippen LogP contribution < -0.4 is 5.73 Å². The lowest BCUT2D eigenvalue weighted by Crippen LogP contribution is -2.08. The predicted molar refractivity (Wildman–Crippen MR) is 66.1 cm³/mol. The molecule has 2 aromatic rings. The van der Waals surface area contributed by atoms with E-state index >= 15 is 0 Å². The van der Waals surface area contributed by atoms with Crippen molar-refractivity contribution in [1.82, 2.24) is 4.98 Å². The number of benzene rings is 1. The highest BCUT2D eigenvalue weighted by atomic mass is 35.5. The van der Waals surface area contributed by atoms with Crippen molar-refractivity contribution in [3.63, 3.8) is 0 Å². The molecule has 3 rings (SSSR count). The summed E-state index contributed by atoms with van der Waals surface area (Å²) >= 11 is 5.94. The average molecular weight is 253 g/mol. The van der Waals surface area contributed by atoms with E-state index in [1.54, 1.807) is 12.1 Å². The summed E-state index contributed by atoms with van der Waals surface area (Å²) in [6.07, 6.45) is 3.13. The summed E-state index contributed by atoms with van der Waals surface area (Å²) in [5.41, 5.74) is 7.66. The van der Waals surface area contributed by atoms with Gasteiger partial charge >= 0.3 is 0 Å². The molecule has 1 atom stereocenters. The van der Waals surface area contributed by atoms with Crippen molar-refractivity contribution in [2.75, 3.05) is 12.3 Å². The largest absolute Gasteiger partial charge is 0.441 e. The maximum absolute atomic E-state index is 5.94. The number of halogens is 1. The van der Waals surface area contributed by atoms with E-state index in [0.29, 0.717) is 28.6 Å². The highest BCUT2D eigenvalue weighted by Gasteiger charge is 2.19. The normalized spacial score (nSPS) is 20.2. The minimum absolute atomic E-state index is 0.232. The number of nitrogen functional groups attached to an aromatic ring is 1. The van der Waals surface area contributed by atoms with E-state index in [-0.39, 0.29) is 6.10 Å². The molecular formula is C12H13ClN2O2. The second-order valence-corrected chi connectivity index (χ2v) is 4.70. The summed E-state index contributed by atoms with van der Waals surface area (Å²) in [5.74, 6) is 0.688. The second kappa shape index (κ2) is 4.20. The molecule has 0 aliphatic carbocycles. The number of oxazole rings is 1. The predicted octanol–water partition coefficient (Wildman–Crippen LogP) is 2.78. The number of aromatic nitrogens is 1. The number of fused-ring (bicyclic) bond motifs is 1. The van der Waals surface area contributed by atoms with Crippen molar-refractivity contribution < 1.29 is 9.15 Å². The van der Waals surface area contributed by atoms with E-state index in [2.05, 4.69) is 4.98 Å². The third kappa shape index (κ3) is 2.10. The molecule has 1 unspecified atom stereocenters. The molecule has 1 saturated heterocycles. The van der Waals surface area contributed by atoms with E-state index in [9.17, 15) is 0 Å². The van der Waals surface area contributed by atoms with E-state index in [0.717, 1.165) is 25.0 Å². The Balaban J connectivity index is 1.90. The van der Waals surface area contributed by atoms with Crippen LogP contribution in [0.15, 0.2) is 16.5 Å². The molecule has 1 fully saturated rings. The van der Waals surface area contributed by atoms with Gasteiger partial charge in [-0.2, -0.15) is 0 Å². The van der Waals surface area contributed by atoms with Gasteiger partial charge < -0.3 is 14.9 Å². The molecule has 1 aromatic carbocycles.